The number of halogens is 1. The van der Waals surface area contributed by atoms with Crippen LogP contribution in [0.5, 0.6) is 0 Å². The van der Waals surface area contributed by atoms with Gasteiger partial charge in [-0.05, 0) is 43.5 Å². The number of nitrogens with zero attached hydrogens (tertiary/aromatic N) is 2. The summed E-state index contributed by atoms with van der Waals surface area (Å²) >= 11 is 3.42. The summed E-state index contributed by atoms with van der Waals surface area (Å²) < 4.78 is 0.949. The van der Waals surface area contributed by atoms with Crippen molar-refractivity contribution in [2.45, 2.75) is 32.1 Å². The maximum absolute atomic E-state index is 12.1. The molecule has 0 unspecified atom stereocenters. The van der Waals surface area contributed by atoms with Crippen LogP contribution < -0.4 is 10.6 Å². The molecule has 1 fully saturated rings. The molecule has 5 nitrogen and oxygen atoms in total. The molecule has 1 aliphatic rings. The van der Waals surface area contributed by atoms with Gasteiger partial charge in [0.1, 0.15) is 11.6 Å². The molecule has 0 spiro atoms. The normalized spacial score (nSPS) is 13.7. The third kappa shape index (κ3) is 4.51. The Morgan fingerprint density at radius 2 is 2.17 bits per heavy atom. The van der Waals surface area contributed by atoms with E-state index in [0.717, 1.165) is 27.4 Å². The van der Waals surface area contributed by atoms with Crippen molar-refractivity contribution in [1.29, 1.82) is 0 Å². The molecule has 2 N–H and O–H groups in total. The number of rotatable bonds is 6. The van der Waals surface area contributed by atoms with Crippen molar-refractivity contribution in [2.24, 2.45) is 0 Å². The van der Waals surface area contributed by atoms with Gasteiger partial charge in [-0.3, -0.25) is 4.79 Å². The number of aromatic nitrogens is 2. The molecule has 3 rings (SSSR count). The van der Waals surface area contributed by atoms with Gasteiger partial charge in [0.05, 0.1) is 0 Å². The molecule has 1 amide bonds. The average Bonchev–Trinajstić information content (AvgIpc) is 3.36. The summed E-state index contributed by atoms with van der Waals surface area (Å²) in [6, 6.07) is 7.67. The van der Waals surface area contributed by atoms with Gasteiger partial charge in [0.15, 0.2) is 0 Å². The van der Waals surface area contributed by atoms with Crippen molar-refractivity contribution in [2.75, 3.05) is 17.2 Å². The summed E-state index contributed by atoms with van der Waals surface area (Å²) in [6.07, 6.45) is 4.51. The van der Waals surface area contributed by atoms with Crippen molar-refractivity contribution >= 4 is 33.3 Å². The Hall–Kier alpha value is -1.95. The van der Waals surface area contributed by atoms with Gasteiger partial charge in [-0.2, -0.15) is 0 Å². The van der Waals surface area contributed by atoms with Gasteiger partial charge in [0.25, 0.3) is 0 Å². The number of carbonyl (C=O) groups is 1. The minimum atomic E-state index is -0.0184. The zero-order valence-electron chi connectivity index (χ0n) is 13.0. The summed E-state index contributed by atoms with van der Waals surface area (Å²) in [6.45, 7) is 2.51. The third-order valence-corrected chi connectivity index (χ3v) is 4.24. The Morgan fingerprint density at radius 1 is 1.35 bits per heavy atom. The number of amides is 1. The highest BCUT2D eigenvalue weighted by molar-refractivity contribution is 9.10. The van der Waals surface area contributed by atoms with Crippen molar-refractivity contribution in [3.05, 3.63) is 46.3 Å². The van der Waals surface area contributed by atoms with Crippen LogP contribution in [-0.2, 0) is 4.79 Å². The van der Waals surface area contributed by atoms with E-state index in [1.54, 1.807) is 6.20 Å². The quantitative estimate of drug-likeness (QED) is 0.805. The van der Waals surface area contributed by atoms with Crippen LogP contribution in [0.1, 0.15) is 36.6 Å². The molecule has 0 aliphatic heterocycles. The van der Waals surface area contributed by atoms with Gasteiger partial charge < -0.3 is 10.6 Å². The molecular formula is C17H19BrN4O. The van der Waals surface area contributed by atoms with Crippen LogP contribution in [-0.4, -0.2) is 22.4 Å². The van der Waals surface area contributed by atoms with Crippen molar-refractivity contribution in [3.63, 3.8) is 0 Å². The van der Waals surface area contributed by atoms with E-state index in [1.807, 2.05) is 31.2 Å². The van der Waals surface area contributed by atoms with Crippen molar-refractivity contribution in [1.82, 2.24) is 9.97 Å². The first-order valence-electron chi connectivity index (χ1n) is 7.74. The van der Waals surface area contributed by atoms with E-state index in [-0.39, 0.29) is 5.91 Å². The first-order valence-corrected chi connectivity index (χ1v) is 8.54. The van der Waals surface area contributed by atoms with Gasteiger partial charge in [-0.1, -0.05) is 22.0 Å². The number of anilines is 2. The molecule has 0 saturated heterocycles. The lowest BCUT2D eigenvalue weighted by Gasteiger charge is -2.10. The number of benzene rings is 1. The summed E-state index contributed by atoms with van der Waals surface area (Å²) in [5, 5.41) is 6.12. The zero-order chi connectivity index (χ0) is 16.2. The minimum absolute atomic E-state index is 0.0184. The number of carbonyl (C=O) groups excluding carboxylic acids is 1. The second-order valence-corrected chi connectivity index (χ2v) is 6.67. The molecule has 0 radical (unpaired) electrons. The summed E-state index contributed by atoms with van der Waals surface area (Å²) in [7, 11) is 0. The lowest BCUT2D eigenvalue weighted by Crippen LogP contribution is -2.17. The second kappa shape index (κ2) is 7.08. The predicted octanol–water partition coefficient (Wildman–Crippen LogP) is 3.87. The SMILES string of the molecule is Cc1ccc(Br)cc1NC(=O)CCNc1ccnc(C2CC2)n1. The topological polar surface area (TPSA) is 66.9 Å². The highest BCUT2D eigenvalue weighted by atomic mass is 79.9. The molecule has 0 bridgehead atoms. The standard InChI is InChI=1S/C17H19BrN4O/c1-11-2-5-13(18)10-14(11)21-16(23)7-9-19-15-6-8-20-17(22-15)12-3-4-12/h2,5-6,8,10,12H,3-4,7,9H2,1H3,(H,21,23)(H,19,20,22). The molecule has 1 aromatic carbocycles. The predicted molar refractivity (Wildman–Crippen MR) is 94.6 cm³/mol. The molecule has 1 heterocycles. The van der Waals surface area contributed by atoms with Crippen molar-refractivity contribution in [3.8, 4) is 0 Å². The van der Waals surface area contributed by atoms with E-state index in [0.29, 0.717) is 18.9 Å². The van der Waals surface area contributed by atoms with Gasteiger partial charge in [-0.15, -0.1) is 0 Å². The molecule has 1 saturated carbocycles. The number of nitrogens with one attached hydrogen (secondary N) is 2. The fourth-order valence-corrected chi connectivity index (χ4v) is 2.62. The molecule has 0 atom stereocenters. The van der Waals surface area contributed by atoms with E-state index >= 15 is 0 Å². The van der Waals surface area contributed by atoms with Gasteiger partial charge >= 0.3 is 0 Å². The van der Waals surface area contributed by atoms with Gasteiger partial charge in [0.2, 0.25) is 5.91 Å². The summed E-state index contributed by atoms with van der Waals surface area (Å²) in [4.78, 5) is 20.8. The van der Waals surface area contributed by atoms with Crippen LogP contribution in [0, 0.1) is 6.92 Å². The van der Waals surface area contributed by atoms with E-state index in [1.165, 1.54) is 12.8 Å². The van der Waals surface area contributed by atoms with Crippen LogP contribution >= 0.6 is 15.9 Å². The van der Waals surface area contributed by atoms with Crippen LogP contribution in [0.4, 0.5) is 11.5 Å². The molecule has 120 valence electrons. The monoisotopic (exact) mass is 374 g/mol. The maximum Gasteiger partial charge on any atom is 0.226 e. The molecule has 23 heavy (non-hydrogen) atoms. The van der Waals surface area contributed by atoms with Crippen LogP contribution in [0.3, 0.4) is 0 Å². The fraction of sp³-hybridized carbons (Fsp3) is 0.353. The Morgan fingerprint density at radius 3 is 2.96 bits per heavy atom. The highest BCUT2D eigenvalue weighted by Gasteiger charge is 2.26. The average molecular weight is 375 g/mol. The smallest absolute Gasteiger partial charge is 0.226 e. The fourth-order valence-electron chi connectivity index (χ4n) is 2.26. The summed E-state index contributed by atoms with van der Waals surface area (Å²) in [5.41, 5.74) is 1.88. The second-order valence-electron chi connectivity index (χ2n) is 5.76. The summed E-state index contributed by atoms with van der Waals surface area (Å²) in [5.74, 6) is 2.20. The molecule has 1 aliphatic carbocycles. The van der Waals surface area contributed by atoms with E-state index in [2.05, 4.69) is 36.5 Å². The number of hydrogen-bond acceptors (Lipinski definition) is 4. The van der Waals surface area contributed by atoms with Crippen LogP contribution in [0.25, 0.3) is 0 Å². The molecule has 1 aromatic heterocycles. The Kier molecular flexibility index (Phi) is 4.91. The molecular weight excluding hydrogens is 356 g/mol. The Balaban J connectivity index is 1.49. The Labute approximate surface area is 144 Å². The van der Waals surface area contributed by atoms with E-state index in [9.17, 15) is 4.79 Å². The molecule has 6 heteroatoms. The van der Waals surface area contributed by atoms with Crippen LogP contribution in [0.15, 0.2) is 34.9 Å². The van der Waals surface area contributed by atoms with Gasteiger partial charge in [-0.25, -0.2) is 9.97 Å². The highest BCUT2D eigenvalue weighted by Crippen LogP contribution is 2.37. The Bertz CT molecular complexity index is 715. The van der Waals surface area contributed by atoms with E-state index < -0.39 is 0 Å². The largest absolute Gasteiger partial charge is 0.369 e. The number of aryl methyl sites for hydroxylation is 1. The van der Waals surface area contributed by atoms with Crippen molar-refractivity contribution < 1.29 is 4.79 Å². The van der Waals surface area contributed by atoms with Gasteiger partial charge in [0, 0.05) is 35.2 Å². The first-order chi connectivity index (χ1) is 11.1. The third-order valence-electron chi connectivity index (χ3n) is 3.75. The van der Waals surface area contributed by atoms with Crippen LogP contribution in [0.2, 0.25) is 0 Å². The zero-order valence-corrected chi connectivity index (χ0v) is 14.6. The first kappa shape index (κ1) is 15.9. The minimum Gasteiger partial charge on any atom is -0.369 e. The number of hydrogen-bond donors (Lipinski definition) is 2. The maximum atomic E-state index is 12.1. The molecule has 2 aromatic rings. The van der Waals surface area contributed by atoms with E-state index in [4.69, 9.17) is 0 Å². The lowest BCUT2D eigenvalue weighted by atomic mass is 10.2. The lowest BCUT2D eigenvalue weighted by molar-refractivity contribution is -0.115.